The number of ether oxygens (including phenoxy) is 1. The third kappa shape index (κ3) is 2.14. The molecular weight excluding hydrogens is 247 g/mol. The van der Waals surface area contributed by atoms with Gasteiger partial charge in [-0.1, -0.05) is 6.92 Å². The van der Waals surface area contributed by atoms with Crippen molar-refractivity contribution in [1.29, 1.82) is 0 Å². The zero-order chi connectivity index (χ0) is 13.4. The second kappa shape index (κ2) is 4.74. The van der Waals surface area contributed by atoms with Crippen LogP contribution >= 0.6 is 0 Å². The normalized spacial score (nSPS) is 15.7. The minimum Gasteiger partial charge on any atom is -0.381 e. The van der Waals surface area contributed by atoms with E-state index >= 15 is 0 Å². The summed E-state index contributed by atoms with van der Waals surface area (Å²) in [5.41, 5.74) is 1.13. The van der Waals surface area contributed by atoms with Crippen LogP contribution < -0.4 is 0 Å². The molecule has 2 aromatic rings. The topological polar surface area (TPSA) is 44.1 Å². The molecule has 0 N–H and O–H groups in total. The van der Waals surface area contributed by atoms with Crippen LogP contribution in [0.15, 0.2) is 18.2 Å². The van der Waals surface area contributed by atoms with Crippen LogP contribution in [0.1, 0.15) is 23.8 Å². The second-order valence-electron chi connectivity index (χ2n) is 4.87. The van der Waals surface area contributed by atoms with Crippen molar-refractivity contribution < 1.29 is 13.9 Å². The van der Waals surface area contributed by atoms with Crippen molar-refractivity contribution in [1.82, 2.24) is 9.78 Å². The van der Waals surface area contributed by atoms with Gasteiger partial charge in [0.25, 0.3) is 0 Å². The molecule has 0 spiro atoms. The van der Waals surface area contributed by atoms with E-state index in [1.54, 1.807) is 17.7 Å². The van der Waals surface area contributed by atoms with Gasteiger partial charge in [0.05, 0.1) is 18.7 Å². The lowest BCUT2D eigenvalue weighted by Gasteiger charge is -2.25. The minimum absolute atomic E-state index is 0.0137. The molecule has 0 radical (unpaired) electrons. The lowest BCUT2D eigenvalue weighted by Crippen LogP contribution is -2.31. The summed E-state index contributed by atoms with van der Waals surface area (Å²) in [6, 6.07) is 4.44. The SMILES string of the molecule is CCC(=O)c1nn(CC2COC2)c2cc(F)ccc12. The number of benzene rings is 1. The number of Topliss-reactive ketones (excluding diaryl/α,β-unsaturated/α-hetero) is 1. The number of hydrogen-bond acceptors (Lipinski definition) is 3. The summed E-state index contributed by atoms with van der Waals surface area (Å²) in [4.78, 5) is 11.9. The van der Waals surface area contributed by atoms with E-state index in [4.69, 9.17) is 4.74 Å². The molecule has 19 heavy (non-hydrogen) atoms. The zero-order valence-corrected chi connectivity index (χ0v) is 10.7. The number of aromatic nitrogens is 2. The minimum atomic E-state index is -0.311. The van der Waals surface area contributed by atoms with Gasteiger partial charge in [-0.25, -0.2) is 4.39 Å². The molecule has 100 valence electrons. The van der Waals surface area contributed by atoms with Crippen molar-refractivity contribution in [3.05, 3.63) is 29.7 Å². The van der Waals surface area contributed by atoms with E-state index in [1.807, 2.05) is 0 Å². The van der Waals surface area contributed by atoms with Crippen molar-refractivity contribution in [3.8, 4) is 0 Å². The third-order valence-corrected chi connectivity index (χ3v) is 3.44. The first-order valence-electron chi connectivity index (χ1n) is 6.46. The van der Waals surface area contributed by atoms with E-state index in [0.29, 0.717) is 43.3 Å². The van der Waals surface area contributed by atoms with Gasteiger partial charge in [-0.15, -0.1) is 0 Å². The summed E-state index contributed by atoms with van der Waals surface area (Å²) in [6.45, 7) is 3.87. The van der Waals surface area contributed by atoms with E-state index in [0.717, 1.165) is 5.39 Å². The third-order valence-electron chi connectivity index (χ3n) is 3.44. The number of fused-ring (bicyclic) bond motifs is 1. The molecule has 1 aliphatic rings. The average molecular weight is 262 g/mol. The molecule has 0 atom stereocenters. The number of rotatable bonds is 4. The molecule has 3 rings (SSSR count). The maximum atomic E-state index is 13.4. The van der Waals surface area contributed by atoms with Crippen LogP contribution in [-0.4, -0.2) is 28.8 Å². The monoisotopic (exact) mass is 262 g/mol. The smallest absolute Gasteiger partial charge is 0.183 e. The number of carbonyl (C=O) groups is 1. The van der Waals surface area contributed by atoms with Gasteiger partial charge < -0.3 is 4.74 Å². The number of halogens is 1. The molecule has 4 nitrogen and oxygen atoms in total. The Balaban J connectivity index is 2.08. The number of hydrogen-bond donors (Lipinski definition) is 0. The molecule has 1 aliphatic heterocycles. The molecule has 0 bridgehead atoms. The molecular formula is C14H15FN2O2. The van der Waals surface area contributed by atoms with Crippen LogP contribution in [0, 0.1) is 11.7 Å². The Kier molecular flexibility index (Phi) is 3.06. The van der Waals surface area contributed by atoms with Crippen LogP contribution in [0.5, 0.6) is 0 Å². The lowest BCUT2D eigenvalue weighted by molar-refractivity contribution is -0.0403. The zero-order valence-electron chi connectivity index (χ0n) is 10.7. The fourth-order valence-electron chi connectivity index (χ4n) is 2.29. The molecule has 1 aromatic heterocycles. The highest BCUT2D eigenvalue weighted by Crippen LogP contribution is 2.23. The molecule has 0 amide bonds. The van der Waals surface area contributed by atoms with E-state index in [9.17, 15) is 9.18 Å². The second-order valence-corrected chi connectivity index (χ2v) is 4.87. The molecule has 5 heteroatoms. The lowest BCUT2D eigenvalue weighted by atomic mass is 10.1. The van der Waals surface area contributed by atoms with Gasteiger partial charge in [-0.2, -0.15) is 5.10 Å². The first kappa shape index (κ1) is 12.3. The predicted octanol–water partition coefficient (Wildman–Crippen LogP) is 2.41. The van der Waals surface area contributed by atoms with E-state index in [1.165, 1.54) is 12.1 Å². The maximum Gasteiger partial charge on any atom is 0.183 e. The summed E-state index contributed by atoms with van der Waals surface area (Å²) in [7, 11) is 0. The highest BCUT2D eigenvalue weighted by Gasteiger charge is 2.22. The summed E-state index contributed by atoms with van der Waals surface area (Å²) in [5, 5.41) is 5.10. The average Bonchev–Trinajstić information content (AvgIpc) is 2.71. The molecule has 0 unspecified atom stereocenters. The van der Waals surface area contributed by atoms with Crippen molar-refractivity contribution in [2.24, 2.45) is 5.92 Å². The first-order valence-corrected chi connectivity index (χ1v) is 6.46. The Morgan fingerprint density at radius 2 is 2.32 bits per heavy atom. The van der Waals surface area contributed by atoms with Crippen molar-refractivity contribution in [2.45, 2.75) is 19.9 Å². The summed E-state index contributed by atoms with van der Waals surface area (Å²) in [5.74, 6) is 0.0742. The number of carbonyl (C=O) groups excluding carboxylic acids is 1. The molecule has 2 heterocycles. The molecule has 1 saturated heterocycles. The summed E-state index contributed by atoms with van der Waals surface area (Å²) >= 11 is 0. The summed E-state index contributed by atoms with van der Waals surface area (Å²) < 4.78 is 20.3. The van der Waals surface area contributed by atoms with Crippen LogP contribution in [0.3, 0.4) is 0 Å². The van der Waals surface area contributed by atoms with Gasteiger partial charge in [0, 0.05) is 24.3 Å². The Labute approximate surface area is 110 Å². The molecule has 1 fully saturated rings. The summed E-state index contributed by atoms with van der Waals surface area (Å²) in [6.07, 6.45) is 0.399. The number of nitrogens with zero attached hydrogens (tertiary/aromatic N) is 2. The Bertz CT molecular complexity index is 632. The van der Waals surface area contributed by atoms with Gasteiger partial charge in [0.15, 0.2) is 5.78 Å². The standard InChI is InChI=1S/C14H15FN2O2/c1-2-13(18)14-11-4-3-10(15)5-12(11)17(16-14)6-9-7-19-8-9/h3-5,9H,2,6-8H2,1H3. The van der Waals surface area contributed by atoms with E-state index in [2.05, 4.69) is 5.10 Å². The number of ketones is 1. The maximum absolute atomic E-state index is 13.4. The van der Waals surface area contributed by atoms with Crippen LogP contribution in [0.4, 0.5) is 4.39 Å². The van der Waals surface area contributed by atoms with Gasteiger partial charge in [0.2, 0.25) is 0 Å². The Morgan fingerprint density at radius 1 is 1.53 bits per heavy atom. The van der Waals surface area contributed by atoms with Gasteiger partial charge >= 0.3 is 0 Å². The largest absolute Gasteiger partial charge is 0.381 e. The molecule has 1 aromatic carbocycles. The van der Waals surface area contributed by atoms with Gasteiger partial charge in [0.1, 0.15) is 11.5 Å². The van der Waals surface area contributed by atoms with Gasteiger partial charge in [-0.3, -0.25) is 9.48 Å². The molecule has 0 saturated carbocycles. The van der Waals surface area contributed by atoms with Gasteiger partial charge in [-0.05, 0) is 18.2 Å². The van der Waals surface area contributed by atoms with Crippen molar-refractivity contribution >= 4 is 16.7 Å². The van der Waals surface area contributed by atoms with Crippen molar-refractivity contribution in [3.63, 3.8) is 0 Å². The molecule has 0 aliphatic carbocycles. The van der Waals surface area contributed by atoms with Crippen LogP contribution in [-0.2, 0) is 11.3 Å². The fraction of sp³-hybridized carbons (Fsp3) is 0.429. The highest BCUT2D eigenvalue weighted by atomic mass is 19.1. The fourth-order valence-corrected chi connectivity index (χ4v) is 2.29. The van der Waals surface area contributed by atoms with E-state index < -0.39 is 0 Å². The predicted molar refractivity (Wildman–Crippen MR) is 68.6 cm³/mol. The first-order chi connectivity index (χ1) is 9.19. The van der Waals surface area contributed by atoms with Crippen LogP contribution in [0.2, 0.25) is 0 Å². The Morgan fingerprint density at radius 3 is 2.95 bits per heavy atom. The quantitative estimate of drug-likeness (QED) is 0.795. The van der Waals surface area contributed by atoms with Crippen LogP contribution in [0.25, 0.3) is 10.9 Å². The highest BCUT2D eigenvalue weighted by molar-refractivity contribution is 6.05. The van der Waals surface area contributed by atoms with Crippen molar-refractivity contribution in [2.75, 3.05) is 13.2 Å². The Hall–Kier alpha value is -1.75. The van der Waals surface area contributed by atoms with E-state index in [-0.39, 0.29) is 11.6 Å².